The summed E-state index contributed by atoms with van der Waals surface area (Å²) in [7, 11) is 1.63. The van der Waals surface area contributed by atoms with E-state index in [0.29, 0.717) is 19.4 Å². The number of carbonyl (C=O) groups is 2. The van der Waals surface area contributed by atoms with Gasteiger partial charge in [0.25, 0.3) is 0 Å². The van der Waals surface area contributed by atoms with Gasteiger partial charge in [0, 0.05) is 19.5 Å². The molecule has 1 unspecified atom stereocenters. The van der Waals surface area contributed by atoms with E-state index in [4.69, 9.17) is 10.5 Å². The fraction of sp³-hybridized carbons (Fsp3) is 0.500. The molecule has 0 spiro atoms. The summed E-state index contributed by atoms with van der Waals surface area (Å²) in [5, 5.41) is 0. The molecule has 1 heterocycles. The molecule has 0 aromatic heterocycles. The SMILES string of the molecule is COc1cccc(CCC(=O)N2CCCC(C(N)=O)C2)c1. The van der Waals surface area contributed by atoms with Crippen molar-refractivity contribution < 1.29 is 14.3 Å². The molecule has 2 N–H and O–H groups in total. The minimum Gasteiger partial charge on any atom is -0.497 e. The van der Waals surface area contributed by atoms with Crippen LogP contribution in [0.5, 0.6) is 5.75 Å². The van der Waals surface area contributed by atoms with Crippen molar-refractivity contribution in [3.05, 3.63) is 29.8 Å². The second-order valence-corrected chi connectivity index (χ2v) is 5.43. The number of amides is 2. The van der Waals surface area contributed by atoms with Crippen LogP contribution in [0.2, 0.25) is 0 Å². The first-order valence-electron chi connectivity index (χ1n) is 7.30. The van der Waals surface area contributed by atoms with E-state index in [1.807, 2.05) is 24.3 Å². The Morgan fingerprint density at radius 2 is 2.24 bits per heavy atom. The summed E-state index contributed by atoms with van der Waals surface area (Å²) in [5.74, 6) is 0.385. The van der Waals surface area contributed by atoms with Crippen molar-refractivity contribution in [2.24, 2.45) is 11.7 Å². The smallest absolute Gasteiger partial charge is 0.222 e. The molecule has 0 saturated carbocycles. The standard InChI is InChI=1S/C16H22N2O3/c1-21-14-6-2-4-12(10-14)7-8-15(19)18-9-3-5-13(11-18)16(17)20/h2,4,6,10,13H,3,5,7-9,11H2,1H3,(H2,17,20). The summed E-state index contributed by atoms with van der Waals surface area (Å²) in [6, 6.07) is 7.73. The van der Waals surface area contributed by atoms with E-state index < -0.39 is 0 Å². The van der Waals surface area contributed by atoms with Crippen LogP contribution in [0.3, 0.4) is 0 Å². The highest BCUT2D eigenvalue weighted by Gasteiger charge is 2.26. The van der Waals surface area contributed by atoms with Gasteiger partial charge < -0.3 is 15.4 Å². The van der Waals surface area contributed by atoms with Crippen molar-refractivity contribution in [1.29, 1.82) is 0 Å². The zero-order valence-electron chi connectivity index (χ0n) is 12.4. The van der Waals surface area contributed by atoms with Crippen LogP contribution in [0, 0.1) is 5.92 Å². The molecular formula is C16H22N2O3. The normalized spacial score (nSPS) is 18.3. The van der Waals surface area contributed by atoms with Gasteiger partial charge in [-0.25, -0.2) is 0 Å². The first-order valence-corrected chi connectivity index (χ1v) is 7.30. The molecule has 1 fully saturated rings. The molecule has 2 amide bonds. The summed E-state index contributed by atoms with van der Waals surface area (Å²) in [6.07, 6.45) is 2.75. The molecule has 2 rings (SSSR count). The zero-order chi connectivity index (χ0) is 15.2. The maximum absolute atomic E-state index is 12.2. The summed E-state index contributed by atoms with van der Waals surface area (Å²) in [6.45, 7) is 1.19. The minimum absolute atomic E-state index is 0.0868. The average molecular weight is 290 g/mol. The Balaban J connectivity index is 1.87. The lowest BCUT2D eigenvalue weighted by molar-refractivity contribution is -0.134. The number of ether oxygens (including phenoxy) is 1. The highest BCUT2D eigenvalue weighted by molar-refractivity contribution is 5.80. The number of rotatable bonds is 5. The van der Waals surface area contributed by atoms with Crippen LogP contribution in [-0.4, -0.2) is 36.9 Å². The number of benzene rings is 1. The van der Waals surface area contributed by atoms with Gasteiger partial charge in [-0.1, -0.05) is 12.1 Å². The number of aryl methyl sites for hydroxylation is 1. The van der Waals surface area contributed by atoms with Gasteiger partial charge in [-0.3, -0.25) is 9.59 Å². The molecule has 1 aliphatic rings. The maximum Gasteiger partial charge on any atom is 0.222 e. The largest absolute Gasteiger partial charge is 0.497 e. The van der Waals surface area contributed by atoms with Crippen LogP contribution in [0.4, 0.5) is 0 Å². The number of carbonyl (C=O) groups excluding carboxylic acids is 2. The molecule has 1 aliphatic heterocycles. The summed E-state index contributed by atoms with van der Waals surface area (Å²) in [4.78, 5) is 25.2. The predicted molar refractivity (Wildman–Crippen MR) is 79.8 cm³/mol. The number of hydrogen-bond acceptors (Lipinski definition) is 3. The minimum atomic E-state index is -0.305. The van der Waals surface area contributed by atoms with Gasteiger partial charge in [0.2, 0.25) is 11.8 Å². The zero-order valence-corrected chi connectivity index (χ0v) is 12.4. The van der Waals surface area contributed by atoms with Crippen molar-refractivity contribution in [3.8, 4) is 5.75 Å². The van der Waals surface area contributed by atoms with Crippen molar-refractivity contribution >= 4 is 11.8 Å². The van der Waals surface area contributed by atoms with E-state index in [2.05, 4.69) is 0 Å². The van der Waals surface area contributed by atoms with Crippen molar-refractivity contribution in [1.82, 2.24) is 4.90 Å². The molecule has 1 aromatic rings. The Labute approximate surface area is 125 Å². The first kappa shape index (κ1) is 15.4. The van der Waals surface area contributed by atoms with Crippen molar-refractivity contribution in [2.75, 3.05) is 20.2 Å². The van der Waals surface area contributed by atoms with Crippen LogP contribution in [0.1, 0.15) is 24.8 Å². The van der Waals surface area contributed by atoms with Gasteiger partial charge in [-0.15, -0.1) is 0 Å². The van der Waals surface area contributed by atoms with Gasteiger partial charge in [0.05, 0.1) is 13.0 Å². The number of methoxy groups -OCH3 is 1. The molecule has 1 saturated heterocycles. The fourth-order valence-electron chi connectivity index (χ4n) is 2.67. The third-order valence-electron chi connectivity index (χ3n) is 3.94. The highest BCUT2D eigenvalue weighted by Crippen LogP contribution is 2.18. The van der Waals surface area contributed by atoms with E-state index in [-0.39, 0.29) is 17.7 Å². The first-order chi connectivity index (χ1) is 10.1. The molecule has 0 aliphatic carbocycles. The lowest BCUT2D eigenvalue weighted by atomic mass is 9.97. The monoisotopic (exact) mass is 290 g/mol. The Bertz CT molecular complexity index is 516. The van der Waals surface area contributed by atoms with Crippen LogP contribution >= 0.6 is 0 Å². The topological polar surface area (TPSA) is 72.6 Å². The van der Waals surface area contributed by atoms with E-state index >= 15 is 0 Å². The Morgan fingerprint density at radius 3 is 2.95 bits per heavy atom. The molecule has 5 nitrogen and oxygen atoms in total. The van der Waals surface area contributed by atoms with E-state index in [9.17, 15) is 9.59 Å². The lowest BCUT2D eigenvalue weighted by Crippen LogP contribution is -2.44. The third-order valence-corrected chi connectivity index (χ3v) is 3.94. The van der Waals surface area contributed by atoms with Crippen molar-refractivity contribution in [3.63, 3.8) is 0 Å². The van der Waals surface area contributed by atoms with Crippen LogP contribution in [-0.2, 0) is 16.0 Å². The molecule has 5 heteroatoms. The third kappa shape index (κ3) is 4.21. The van der Waals surface area contributed by atoms with E-state index in [1.54, 1.807) is 12.0 Å². The van der Waals surface area contributed by atoms with Gasteiger partial charge >= 0.3 is 0 Å². The number of nitrogens with zero attached hydrogens (tertiary/aromatic N) is 1. The number of primary amides is 1. The Kier molecular flexibility index (Phi) is 5.20. The Hall–Kier alpha value is -2.04. The average Bonchev–Trinajstić information content (AvgIpc) is 2.53. The fourth-order valence-corrected chi connectivity index (χ4v) is 2.67. The number of nitrogens with two attached hydrogens (primary N) is 1. The van der Waals surface area contributed by atoms with Crippen LogP contribution < -0.4 is 10.5 Å². The van der Waals surface area contributed by atoms with Crippen LogP contribution in [0.25, 0.3) is 0 Å². The van der Waals surface area contributed by atoms with Crippen LogP contribution in [0.15, 0.2) is 24.3 Å². The van der Waals surface area contributed by atoms with Gasteiger partial charge in [0.15, 0.2) is 0 Å². The van der Waals surface area contributed by atoms with Gasteiger partial charge in [0.1, 0.15) is 5.75 Å². The molecule has 0 bridgehead atoms. The lowest BCUT2D eigenvalue weighted by Gasteiger charge is -2.31. The Morgan fingerprint density at radius 1 is 1.43 bits per heavy atom. The van der Waals surface area contributed by atoms with E-state index in [0.717, 1.165) is 30.7 Å². The summed E-state index contributed by atoms with van der Waals surface area (Å²) >= 11 is 0. The number of likely N-dealkylation sites (tertiary alicyclic amines) is 1. The molecule has 21 heavy (non-hydrogen) atoms. The maximum atomic E-state index is 12.2. The van der Waals surface area contributed by atoms with Crippen molar-refractivity contribution in [2.45, 2.75) is 25.7 Å². The second-order valence-electron chi connectivity index (χ2n) is 5.43. The molecule has 1 atom stereocenters. The second kappa shape index (κ2) is 7.11. The summed E-state index contributed by atoms with van der Waals surface area (Å²) < 4.78 is 5.17. The van der Waals surface area contributed by atoms with Gasteiger partial charge in [-0.2, -0.15) is 0 Å². The number of piperidine rings is 1. The molecule has 1 aromatic carbocycles. The quantitative estimate of drug-likeness (QED) is 0.889. The molecule has 114 valence electrons. The van der Waals surface area contributed by atoms with Gasteiger partial charge in [-0.05, 0) is 37.0 Å². The highest BCUT2D eigenvalue weighted by atomic mass is 16.5. The van der Waals surface area contributed by atoms with E-state index in [1.165, 1.54) is 0 Å². The molecule has 0 radical (unpaired) electrons. The predicted octanol–water partition coefficient (Wildman–Crippen LogP) is 1.35. The molecular weight excluding hydrogens is 268 g/mol. The number of hydrogen-bond donors (Lipinski definition) is 1. The summed E-state index contributed by atoms with van der Waals surface area (Å²) in [5.41, 5.74) is 6.41.